The van der Waals surface area contributed by atoms with Crippen LogP contribution in [-0.2, 0) is 18.9 Å². The van der Waals surface area contributed by atoms with Crippen LogP contribution in [0.4, 0.5) is 0 Å². The minimum Gasteiger partial charge on any atom is -0.396 e. The zero-order chi connectivity index (χ0) is 26.7. The van der Waals surface area contributed by atoms with Crippen LogP contribution in [0.25, 0.3) is 0 Å². The van der Waals surface area contributed by atoms with Gasteiger partial charge in [-0.15, -0.1) is 0 Å². The fourth-order valence-electron chi connectivity index (χ4n) is 5.11. The smallest absolute Gasteiger partial charge is 0.184 e. The van der Waals surface area contributed by atoms with Crippen LogP contribution in [0.2, 0.25) is 0 Å². The lowest BCUT2D eigenvalue weighted by Gasteiger charge is -2.51. The summed E-state index contributed by atoms with van der Waals surface area (Å²) in [5.74, 6) is 0. The third-order valence-corrected chi connectivity index (χ3v) is 7.27. The molecule has 3 rings (SSSR count). The molecule has 0 radical (unpaired) electrons. The molecule has 16 N–H and O–H groups in total. The fourth-order valence-corrected chi connectivity index (χ4v) is 5.11. The minimum absolute atomic E-state index is 0.00861. The molecule has 15 heteroatoms. The Bertz CT molecular complexity index is 684. The predicted molar refractivity (Wildman–Crippen MR) is 126 cm³/mol. The summed E-state index contributed by atoms with van der Waals surface area (Å²) in [6.45, 7) is -0.147. The molecule has 15 nitrogen and oxygen atoms in total. The second-order valence-electron chi connectivity index (χ2n) is 10.1. The van der Waals surface area contributed by atoms with Crippen molar-refractivity contribution < 1.29 is 44.5 Å². The molecule has 0 bridgehead atoms. The SMILES string of the molecule is CNC1C(O[C@@H](O)C(O)C[C@H](N)CCO)O[C@H]2CC(N)[C@@H](O[C@@H]3C(N)C[C@@H](N)C(O)[C@H]3N)OC2C1O. The maximum absolute atomic E-state index is 11.1. The number of ether oxygens (including phenoxy) is 4. The summed E-state index contributed by atoms with van der Waals surface area (Å²) in [5.41, 5.74) is 30.2. The molecule has 3 fully saturated rings. The van der Waals surface area contributed by atoms with Gasteiger partial charge in [-0.05, 0) is 32.7 Å². The van der Waals surface area contributed by atoms with Crippen LogP contribution in [-0.4, -0.2) is 131 Å². The lowest BCUT2D eigenvalue weighted by Crippen LogP contribution is -2.70. The highest BCUT2D eigenvalue weighted by Gasteiger charge is 2.52. The van der Waals surface area contributed by atoms with Crippen molar-refractivity contribution in [3.05, 3.63) is 0 Å². The van der Waals surface area contributed by atoms with Crippen molar-refractivity contribution in [1.82, 2.24) is 5.32 Å². The van der Waals surface area contributed by atoms with E-state index in [9.17, 15) is 20.4 Å². The van der Waals surface area contributed by atoms with Crippen LogP contribution in [0.15, 0.2) is 0 Å². The van der Waals surface area contributed by atoms with Crippen LogP contribution in [0.5, 0.6) is 0 Å². The molecule has 2 aliphatic heterocycles. The molecule has 3 aliphatic rings. The standard InChI is InChI=1S/C21H44N6O9/c1-27-14-16(31)18-12(33-21(14)36-19(32)11(29)4-7(22)2-3-28)6-10(25)20(35-18)34-17-9(24)5-8(23)15(30)13(17)26/h7-21,27-32H,2-6,22-26H2,1H3/t7-,8-,9?,10?,11?,12+,13-,14?,15?,16?,17-,18?,19-,20+,21?/m1/s1. The molecule has 0 aromatic heterocycles. The molecule has 0 amide bonds. The fraction of sp³-hybridized carbons (Fsp3) is 1.00. The molecule has 0 spiro atoms. The first-order valence-electron chi connectivity index (χ1n) is 12.4. The van der Waals surface area contributed by atoms with Gasteiger partial charge in [0, 0.05) is 24.7 Å². The largest absolute Gasteiger partial charge is 0.396 e. The van der Waals surface area contributed by atoms with Gasteiger partial charge in [0.25, 0.3) is 0 Å². The molecule has 212 valence electrons. The van der Waals surface area contributed by atoms with Gasteiger partial charge in [0.05, 0.1) is 36.4 Å². The first-order chi connectivity index (χ1) is 17.0. The van der Waals surface area contributed by atoms with Gasteiger partial charge in [0.15, 0.2) is 18.9 Å². The van der Waals surface area contributed by atoms with E-state index in [1.165, 1.54) is 0 Å². The predicted octanol–water partition coefficient (Wildman–Crippen LogP) is -5.97. The van der Waals surface area contributed by atoms with Crippen LogP contribution < -0.4 is 34.0 Å². The van der Waals surface area contributed by atoms with Crippen molar-refractivity contribution >= 4 is 0 Å². The summed E-state index contributed by atoms with van der Waals surface area (Å²) in [6.07, 6.45) is -8.86. The summed E-state index contributed by atoms with van der Waals surface area (Å²) in [4.78, 5) is 0. The van der Waals surface area contributed by atoms with Crippen molar-refractivity contribution in [2.45, 2.75) is 117 Å². The minimum atomic E-state index is -1.65. The molecular weight excluding hydrogens is 480 g/mol. The van der Waals surface area contributed by atoms with Crippen molar-refractivity contribution in [2.75, 3.05) is 13.7 Å². The van der Waals surface area contributed by atoms with Crippen LogP contribution >= 0.6 is 0 Å². The molecule has 36 heavy (non-hydrogen) atoms. The highest BCUT2D eigenvalue weighted by atomic mass is 16.8. The first-order valence-corrected chi connectivity index (χ1v) is 12.4. The number of fused-ring (bicyclic) bond motifs is 1. The average molecular weight is 525 g/mol. The van der Waals surface area contributed by atoms with E-state index in [4.69, 9.17) is 52.7 Å². The van der Waals surface area contributed by atoms with Crippen LogP contribution in [0, 0.1) is 0 Å². The quantitative estimate of drug-likeness (QED) is 0.119. The molecule has 2 heterocycles. The van der Waals surface area contributed by atoms with Gasteiger partial charge in [-0.2, -0.15) is 0 Å². The molecule has 0 aromatic rings. The maximum atomic E-state index is 11.1. The Morgan fingerprint density at radius 3 is 2.31 bits per heavy atom. The monoisotopic (exact) mass is 524 g/mol. The van der Waals surface area contributed by atoms with Crippen LogP contribution in [0.3, 0.4) is 0 Å². The second kappa shape index (κ2) is 13.0. The van der Waals surface area contributed by atoms with Crippen molar-refractivity contribution in [3.63, 3.8) is 0 Å². The summed E-state index contributed by atoms with van der Waals surface area (Å²) < 4.78 is 23.5. The van der Waals surface area contributed by atoms with Gasteiger partial charge in [-0.3, -0.25) is 0 Å². The zero-order valence-electron chi connectivity index (χ0n) is 20.5. The highest BCUT2D eigenvalue weighted by molar-refractivity contribution is 5.02. The summed E-state index contributed by atoms with van der Waals surface area (Å²) in [6, 6.07) is -4.01. The van der Waals surface area contributed by atoms with Crippen molar-refractivity contribution in [1.29, 1.82) is 0 Å². The van der Waals surface area contributed by atoms with E-state index < -0.39 is 91.7 Å². The number of hydrogen-bond donors (Lipinski definition) is 11. The van der Waals surface area contributed by atoms with E-state index in [0.717, 1.165) is 0 Å². The number of aliphatic hydroxyl groups excluding tert-OH is 5. The molecule has 0 aromatic carbocycles. The molecule has 8 unspecified atom stereocenters. The zero-order valence-corrected chi connectivity index (χ0v) is 20.5. The van der Waals surface area contributed by atoms with E-state index in [-0.39, 0.29) is 25.9 Å². The van der Waals surface area contributed by atoms with E-state index in [1.54, 1.807) is 7.05 Å². The van der Waals surface area contributed by atoms with Gasteiger partial charge < -0.3 is 78.5 Å². The summed E-state index contributed by atoms with van der Waals surface area (Å²) in [5, 5.41) is 53.7. The highest BCUT2D eigenvalue weighted by Crippen LogP contribution is 2.34. The Labute approximate surface area is 210 Å². The third-order valence-electron chi connectivity index (χ3n) is 7.27. The molecule has 15 atom stereocenters. The van der Waals surface area contributed by atoms with Gasteiger partial charge >= 0.3 is 0 Å². The van der Waals surface area contributed by atoms with Gasteiger partial charge in [-0.25, -0.2) is 0 Å². The summed E-state index contributed by atoms with van der Waals surface area (Å²) in [7, 11) is 1.57. The van der Waals surface area contributed by atoms with E-state index in [2.05, 4.69) is 5.32 Å². The Morgan fingerprint density at radius 1 is 0.972 bits per heavy atom. The van der Waals surface area contributed by atoms with Crippen LogP contribution in [0.1, 0.15) is 25.7 Å². The van der Waals surface area contributed by atoms with Crippen molar-refractivity contribution in [2.24, 2.45) is 28.7 Å². The van der Waals surface area contributed by atoms with Gasteiger partial charge in [0.2, 0.25) is 0 Å². The van der Waals surface area contributed by atoms with E-state index >= 15 is 0 Å². The second-order valence-corrected chi connectivity index (χ2v) is 10.1. The van der Waals surface area contributed by atoms with Gasteiger partial charge in [-0.1, -0.05) is 0 Å². The number of aliphatic hydroxyl groups is 5. The first kappa shape index (κ1) is 29.9. The summed E-state index contributed by atoms with van der Waals surface area (Å²) >= 11 is 0. The lowest BCUT2D eigenvalue weighted by molar-refractivity contribution is -0.353. The number of nitrogens with one attached hydrogen (secondary N) is 1. The number of hydrogen-bond acceptors (Lipinski definition) is 15. The molecule has 1 saturated carbocycles. The Morgan fingerprint density at radius 2 is 1.67 bits per heavy atom. The molecular formula is C21H44N6O9. The third kappa shape index (κ3) is 6.69. The van der Waals surface area contributed by atoms with E-state index in [0.29, 0.717) is 6.42 Å². The number of likely N-dealkylation sites (N-methyl/N-ethyl adjacent to an activating group) is 1. The Hall–Kier alpha value is -0.600. The average Bonchev–Trinajstić information content (AvgIpc) is 2.81. The van der Waals surface area contributed by atoms with Crippen molar-refractivity contribution in [3.8, 4) is 0 Å². The van der Waals surface area contributed by atoms with E-state index in [1.807, 2.05) is 0 Å². The molecule has 1 aliphatic carbocycles. The van der Waals surface area contributed by atoms with Gasteiger partial charge in [0.1, 0.15) is 18.3 Å². The normalized spacial score (nSPS) is 46.1. The maximum Gasteiger partial charge on any atom is 0.184 e. The Balaban J connectivity index is 1.63. The molecule has 2 saturated heterocycles. The number of rotatable bonds is 10. The number of nitrogens with two attached hydrogens (primary N) is 5. The topological polar surface area (TPSA) is 280 Å². The Kier molecular flexibility index (Phi) is 10.8. The lowest BCUT2D eigenvalue weighted by atomic mass is 9.83.